The second kappa shape index (κ2) is 9.37. The van der Waals surface area contributed by atoms with Gasteiger partial charge in [-0.15, -0.1) is 0 Å². The Labute approximate surface area is 192 Å². The van der Waals surface area contributed by atoms with Crippen LogP contribution in [0.3, 0.4) is 0 Å². The molecule has 0 spiro atoms. The van der Waals surface area contributed by atoms with Crippen molar-refractivity contribution >= 4 is 16.9 Å². The minimum atomic E-state index is -0.514. The van der Waals surface area contributed by atoms with E-state index in [9.17, 15) is 9.59 Å². The number of carbonyl (C=O) groups is 1. The van der Waals surface area contributed by atoms with E-state index in [2.05, 4.69) is 11.8 Å². The van der Waals surface area contributed by atoms with Crippen molar-refractivity contribution in [3.63, 3.8) is 0 Å². The lowest BCUT2D eigenvalue weighted by Crippen LogP contribution is -2.42. The van der Waals surface area contributed by atoms with Gasteiger partial charge in [-0.3, -0.25) is 14.5 Å². The van der Waals surface area contributed by atoms with Crippen LogP contribution in [-0.4, -0.2) is 61.7 Å². The number of benzene rings is 2. The summed E-state index contributed by atoms with van der Waals surface area (Å²) in [6, 6.07) is 14.3. The third kappa shape index (κ3) is 4.14. The van der Waals surface area contributed by atoms with Gasteiger partial charge in [-0.05, 0) is 36.2 Å². The largest absolute Gasteiger partial charge is 0.494 e. The Hall–Kier alpha value is -3.16. The molecule has 3 aromatic rings. The van der Waals surface area contributed by atoms with E-state index in [1.54, 1.807) is 23.1 Å². The Morgan fingerprint density at radius 2 is 1.85 bits per heavy atom. The van der Waals surface area contributed by atoms with E-state index in [4.69, 9.17) is 13.9 Å². The summed E-state index contributed by atoms with van der Waals surface area (Å²) in [6.07, 6.45) is 0.899. The van der Waals surface area contributed by atoms with E-state index in [1.807, 2.05) is 30.3 Å². The lowest BCUT2D eigenvalue weighted by Gasteiger charge is -2.31. The van der Waals surface area contributed by atoms with Crippen LogP contribution in [0.1, 0.15) is 41.1 Å². The third-order valence-corrected chi connectivity index (χ3v) is 6.28. The maximum atomic E-state index is 13.6. The molecule has 7 nitrogen and oxygen atoms in total. The standard InChI is InChI=1S/C26H28N2O5/c1-2-14-32-19-7-5-6-18(17-19)23-22-24(29)20-8-3-4-9-21(20)33-25(22)26(30)28(23)11-10-27-12-15-31-16-13-27/h3-9,17,23H,2,10-16H2,1H3/t23-/m1/s1. The average Bonchev–Trinajstić information content (AvgIpc) is 3.14. The van der Waals surface area contributed by atoms with Crippen molar-refractivity contribution in [2.75, 3.05) is 46.0 Å². The number of hydrogen-bond acceptors (Lipinski definition) is 6. The van der Waals surface area contributed by atoms with Gasteiger partial charge < -0.3 is 18.8 Å². The van der Waals surface area contributed by atoms with Crippen LogP contribution in [-0.2, 0) is 4.74 Å². The average molecular weight is 449 g/mol. The zero-order valence-electron chi connectivity index (χ0n) is 18.8. The van der Waals surface area contributed by atoms with Crippen molar-refractivity contribution < 1.29 is 18.7 Å². The number of ether oxygens (including phenoxy) is 2. The van der Waals surface area contributed by atoms with Crippen LogP contribution in [0.2, 0.25) is 0 Å². The molecule has 0 N–H and O–H groups in total. The molecule has 1 aromatic heterocycles. The molecule has 1 atom stereocenters. The molecular weight excluding hydrogens is 420 g/mol. The molecule has 0 bridgehead atoms. The molecule has 0 saturated carbocycles. The summed E-state index contributed by atoms with van der Waals surface area (Å²) in [6.45, 7) is 6.92. The van der Waals surface area contributed by atoms with Crippen LogP contribution in [0.5, 0.6) is 5.75 Å². The van der Waals surface area contributed by atoms with Gasteiger partial charge in [0.2, 0.25) is 5.76 Å². The van der Waals surface area contributed by atoms with E-state index in [-0.39, 0.29) is 17.1 Å². The molecule has 1 saturated heterocycles. The quantitative estimate of drug-likeness (QED) is 0.551. The summed E-state index contributed by atoms with van der Waals surface area (Å²) in [5.74, 6) is 0.630. The fourth-order valence-electron chi connectivity index (χ4n) is 4.61. The molecule has 3 heterocycles. The fourth-order valence-corrected chi connectivity index (χ4v) is 4.61. The highest BCUT2D eigenvalue weighted by Gasteiger charge is 2.42. The molecule has 0 radical (unpaired) electrons. The molecule has 2 aliphatic heterocycles. The summed E-state index contributed by atoms with van der Waals surface area (Å²) in [5, 5.41) is 0.488. The van der Waals surface area contributed by atoms with Crippen molar-refractivity contribution in [3.05, 3.63) is 75.6 Å². The number of nitrogens with zero attached hydrogens (tertiary/aromatic N) is 2. The number of rotatable bonds is 7. The van der Waals surface area contributed by atoms with Crippen LogP contribution in [0, 0.1) is 0 Å². The van der Waals surface area contributed by atoms with Crippen molar-refractivity contribution in [3.8, 4) is 5.75 Å². The first-order chi connectivity index (χ1) is 16.2. The van der Waals surface area contributed by atoms with E-state index in [0.29, 0.717) is 49.4 Å². The monoisotopic (exact) mass is 448 g/mol. The number of para-hydroxylation sites is 1. The summed E-state index contributed by atoms with van der Waals surface area (Å²) >= 11 is 0. The van der Waals surface area contributed by atoms with E-state index in [1.165, 1.54) is 0 Å². The topological polar surface area (TPSA) is 72.2 Å². The lowest BCUT2D eigenvalue weighted by atomic mass is 9.98. The van der Waals surface area contributed by atoms with Crippen molar-refractivity contribution in [2.24, 2.45) is 0 Å². The number of amides is 1. The number of hydrogen-bond donors (Lipinski definition) is 0. The highest BCUT2D eigenvalue weighted by atomic mass is 16.5. The molecule has 172 valence electrons. The van der Waals surface area contributed by atoms with Gasteiger partial charge in [-0.1, -0.05) is 31.2 Å². The minimum absolute atomic E-state index is 0.144. The first-order valence-corrected chi connectivity index (χ1v) is 11.6. The summed E-state index contributed by atoms with van der Waals surface area (Å²) in [4.78, 5) is 31.1. The summed E-state index contributed by atoms with van der Waals surface area (Å²) < 4.78 is 17.3. The van der Waals surface area contributed by atoms with Crippen LogP contribution >= 0.6 is 0 Å². The van der Waals surface area contributed by atoms with Crippen molar-refractivity contribution in [1.29, 1.82) is 0 Å². The fraction of sp³-hybridized carbons (Fsp3) is 0.385. The molecule has 33 heavy (non-hydrogen) atoms. The lowest BCUT2D eigenvalue weighted by molar-refractivity contribution is 0.0314. The highest BCUT2D eigenvalue weighted by molar-refractivity contribution is 5.99. The van der Waals surface area contributed by atoms with Crippen LogP contribution in [0.4, 0.5) is 0 Å². The molecule has 5 rings (SSSR count). The third-order valence-electron chi connectivity index (χ3n) is 6.28. The smallest absolute Gasteiger partial charge is 0.290 e. The van der Waals surface area contributed by atoms with Gasteiger partial charge in [0.15, 0.2) is 5.43 Å². The first kappa shape index (κ1) is 21.7. The van der Waals surface area contributed by atoms with Gasteiger partial charge >= 0.3 is 0 Å². The van der Waals surface area contributed by atoms with Crippen LogP contribution in [0.25, 0.3) is 11.0 Å². The van der Waals surface area contributed by atoms with E-state index in [0.717, 1.165) is 30.8 Å². The van der Waals surface area contributed by atoms with Gasteiger partial charge in [0.05, 0.1) is 36.8 Å². The van der Waals surface area contributed by atoms with E-state index < -0.39 is 6.04 Å². The molecule has 2 aliphatic rings. The Morgan fingerprint density at radius 1 is 1.03 bits per heavy atom. The number of carbonyl (C=O) groups excluding carboxylic acids is 1. The molecule has 1 amide bonds. The molecule has 7 heteroatoms. The van der Waals surface area contributed by atoms with E-state index >= 15 is 0 Å². The molecule has 0 unspecified atom stereocenters. The second-order valence-electron chi connectivity index (χ2n) is 8.45. The minimum Gasteiger partial charge on any atom is -0.494 e. The van der Waals surface area contributed by atoms with Gasteiger partial charge in [0, 0.05) is 26.2 Å². The van der Waals surface area contributed by atoms with Crippen molar-refractivity contribution in [1.82, 2.24) is 9.80 Å². The maximum absolute atomic E-state index is 13.6. The Kier molecular flexibility index (Phi) is 6.15. The summed E-state index contributed by atoms with van der Waals surface area (Å²) in [7, 11) is 0. The van der Waals surface area contributed by atoms with Crippen LogP contribution < -0.4 is 10.2 Å². The molecule has 0 aliphatic carbocycles. The number of morpholine rings is 1. The van der Waals surface area contributed by atoms with Gasteiger partial charge in [0.25, 0.3) is 5.91 Å². The maximum Gasteiger partial charge on any atom is 0.290 e. The number of fused-ring (bicyclic) bond motifs is 2. The van der Waals surface area contributed by atoms with Gasteiger partial charge in [0.1, 0.15) is 11.3 Å². The van der Waals surface area contributed by atoms with Crippen molar-refractivity contribution in [2.45, 2.75) is 19.4 Å². The van der Waals surface area contributed by atoms with Gasteiger partial charge in [-0.2, -0.15) is 0 Å². The Bertz CT molecular complexity index is 1210. The normalized spacial score (nSPS) is 18.6. The summed E-state index contributed by atoms with van der Waals surface area (Å²) in [5.41, 5.74) is 1.54. The zero-order valence-corrected chi connectivity index (χ0v) is 18.8. The second-order valence-corrected chi connectivity index (χ2v) is 8.45. The first-order valence-electron chi connectivity index (χ1n) is 11.6. The predicted molar refractivity (Wildman–Crippen MR) is 125 cm³/mol. The van der Waals surface area contributed by atoms with Crippen LogP contribution in [0.15, 0.2) is 57.7 Å². The van der Waals surface area contributed by atoms with Gasteiger partial charge in [-0.25, -0.2) is 0 Å². The molecular formula is C26H28N2O5. The molecule has 2 aromatic carbocycles. The molecule has 1 fully saturated rings. The highest BCUT2D eigenvalue weighted by Crippen LogP contribution is 2.38. The predicted octanol–water partition coefficient (Wildman–Crippen LogP) is 3.46. The Morgan fingerprint density at radius 3 is 2.67 bits per heavy atom. The Balaban J connectivity index is 1.57. The zero-order chi connectivity index (χ0) is 22.8. The SMILES string of the molecule is CCCOc1cccc([C@@H]2c3c(oc4ccccc4c3=O)C(=O)N2CCN2CCOCC2)c1.